The van der Waals surface area contributed by atoms with E-state index in [1.165, 1.54) is 12.3 Å². The van der Waals surface area contributed by atoms with Crippen LogP contribution in [0, 0.1) is 12.3 Å². The van der Waals surface area contributed by atoms with Crippen LogP contribution in [0.2, 0.25) is 0 Å². The molecule has 0 spiro atoms. The molecule has 1 atom stereocenters. The number of carbonyl (C=O) groups excluding carboxylic acids is 1. The molecule has 1 rings (SSSR count). The van der Waals surface area contributed by atoms with Crippen molar-refractivity contribution in [1.82, 2.24) is 10.3 Å². The SMILES string of the molecule is Cc1cc(=O)c(C(=O)NCC(O)CC(C)(C)C)c[nH]1. The normalized spacial score (nSPS) is 13.1. The minimum atomic E-state index is -0.617. The van der Waals surface area contributed by atoms with Crippen molar-refractivity contribution >= 4 is 5.91 Å². The molecule has 0 aliphatic rings. The van der Waals surface area contributed by atoms with Crippen molar-refractivity contribution in [2.24, 2.45) is 5.41 Å². The summed E-state index contributed by atoms with van der Waals surface area (Å²) in [7, 11) is 0. The highest BCUT2D eigenvalue weighted by molar-refractivity contribution is 5.93. The first-order valence-corrected chi connectivity index (χ1v) is 6.34. The molecule has 1 amide bonds. The van der Waals surface area contributed by atoms with Gasteiger partial charge in [0.2, 0.25) is 0 Å². The fourth-order valence-corrected chi connectivity index (χ4v) is 1.84. The van der Waals surface area contributed by atoms with E-state index in [0.717, 1.165) is 0 Å². The first-order valence-electron chi connectivity index (χ1n) is 6.34. The van der Waals surface area contributed by atoms with Crippen LogP contribution >= 0.6 is 0 Å². The maximum atomic E-state index is 11.8. The Kier molecular flexibility index (Phi) is 4.89. The lowest BCUT2D eigenvalue weighted by atomic mass is 9.89. The number of H-pyrrole nitrogens is 1. The summed E-state index contributed by atoms with van der Waals surface area (Å²) in [5.74, 6) is -0.464. The van der Waals surface area contributed by atoms with Crippen LogP contribution in [0.15, 0.2) is 17.1 Å². The molecule has 0 aliphatic carbocycles. The summed E-state index contributed by atoms with van der Waals surface area (Å²) in [5, 5.41) is 12.4. The van der Waals surface area contributed by atoms with E-state index in [0.29, 0.717) is 12.1 Å². The molecule has 5 nitrogen and oxygen atoms in total. The van der Waals surface area contributed by atoms with Gasteiger partial charge in [0.25, 0.3) is 5.91 Å². The van der Waals surface area contributed by atoms with Gasteiger partial charge in [0, 0.05) is 24.5 Å². The molecule has 1 unspecified atom stereocenters. The highest BCUT2D eigenvalue weighted by atomic mass is 16.3. The van der Waals surface area contributed by atoms with Crippen LogP contribution in [-0.2, 0) is 0 Å². The highest BCUT2D eigenvalue weighted by Gasteiger charge is 2.18. The quantitative estimate of drug-likeness (QED) is 0.766. The number of aryl methyl sites for hydroxylation is 1. The van der Waals surface area contributed by atoms with Crippen LogP contribution in [0.5, 0.6) is 0 Å². The first kappa shape index (κ1) is 15.4. The summed E-state index contributed by atoms with van der Waals surface area (Å²) in [6, 6.07) is 1.38. The van der Waals surface area contributed by atoms with E-state index < -0.39 is 12.0 Å². The van der Waals surface area contributed by atoms with E-state index >= 15 is 0 Å². The lowest BCUT2D eigenvalue weighted by Gasteiger charge is -2.22. The Morgan fingerprint density at radius 1 is 1.47 bits per heavy atom. The van der Waals surface area contributed by atoms with Crippen LogP contribution in [0.4, 0.5) is 0 Å². The van der Waals surface area contributed by atoms with E-state index in [4.69, 9.17) is 0 Å². The molecule has 0 saturated carbocycles. The van der Waals surface area contributed by atoms with Crippen molar-refractivity contribution < 1.29 is 9.90 Å². The number of hydrogen-bond acceptors (Lipinski definition) is 3. The topological polar surface area (TPSA) is 82.2 Å². The molecule has 3 N–H and O–H groups in total. The maximum absolute atomic E-state index is 11.8. The summed E-state index contributed by atoms with van der Waals surface area (Å²) < 4.78 is 0. The van der Waals surface area contributed by atoms with E-state index in [1.807, 2.05) is 20.8 Å². The minimum Gasteiger partial charge on any atom is -0.391 e. The maximum Gasteiger partial charge on any atom is 0.256 e. The smallest absolute Gasteiger partial charge is 0.256 e. The average Bonchev–Trinajstić information content (AvgIpc) is 2.23. The number of aliphatic hydroxyl groups excluding tert-OH is 1. The number of hydrogen-bond donors (Lipinski definition) is 3. The molecular formula is C14H22N2O3. The highest BCUT2D eigenvalue weighted by Crippen LogP contribution is 2.20. The number of rotatable bonds is 4. The second-order valence-corrected chi connectivity index (χ2v) is 6.02. The zero-order valence-corrected chi connectivity index (χ0v) is 11.9. The van der Waals surface area contributed by atoms with Crippen LogP contribution < -0.4 is 10.7 Å². The summed E-state index contributed by atoms with van der Waals surface area (Å²) in [6.07, 6.45) is 1.36. The van der Waals surface area contributed by atoms with Gasteiger partial charge in [-0.25, -0.2) is 0 Å². The molecule has 19 heavy (non-hydrogen) atoms. The summed E-state index contributed by atoms with van der Waals surface area (Å²) in [4.78, 5) is 26.2. The van der Waals surface area contributed by atoms with Crippen molar-refractivity contribution in [2.75, 3.05) is 6.54 Å². The van der Waals surface area contributed by atoms with Gasteiger partial charge in [-0.1, -0.05) is 20.8 Å². The van der Waals surface area contributed by atoms with Crippen LogP contribution in [0.25, 0.3) is 0 Å². The number of carbonyl (C=O) groups is 1. The standard InChI is InChI=1S/C14H22N2O3/c1-9-5-12(18)11(8-15-9)13(19)16-7-10(17)6-14(2,3)4/h5,8,10,17H,6-7H2,1-4H3,(H,15,18)(H,16,19). The van der Waals surface area contributed by atoms with Crippen LogP contribution in [0.1, 0.15) is 43.2 Å². The molecule has 1 aromatic heterocycles. The van der Waals surface area contributed by atoms with Crippen molar-refractivity contribution in [3.05, 3.63) is 33.7 Å². The minimum absolute atomic E-state index is 0.00846. The molecule has 0 aromatic carbocycles. The zero-order valence-electron chi connectivity index (χ0n) is 11.9. The lowest BCUT2D eigenvalue weighted by Crippen LogP contribution is -2.36. The van der Waals surface area contributed by atoms with Crippen molar-refractivity contribution in [3.63, 3.8) is 0 Å². The number of amides is 1. The van der Waals surface area contributed by atoms with Crippen LogP contribution in [0.3, 0.4) is 0 Å². The van der Waals surface area contributed by atoms with Gasteiger partial charge in [0.15, 0.2) is 5.43 Å². The Bertz CT molecular complexity index is 500. The van der Waals surface area contributed by atoms with Crippen molar-refractivity contribution in [3.8, 4) is 0 Å². The van der Waals surface area contributed by atoms with Gasteiger partial charge in [-0.2, -0.15) is 0 Å². The third-order valence-electron chi connectivity index (χ3n) is 2.65. The molecule has 1 heterocycles. The lowest BCUT2D eigenvalue weighted by molar-refractivity contribution is 0.0867. The fraction of sp³-hybridized carbons (Fsp3) is 0.571. The first-order chi connectivity index (χ1) is 8.69. The molecular weight excluding hydrogens is 244 g/mol. The average molecular weight is 266 g/mol. The summed E-state index contributed by atoms with van der Waals surface area (Å²) in [6.45, 7) is 7.94. The summed E-state index contributed by atoms with van der Waals surface area (Å²) in [5.41, 5.74) is 0.438. The molecule has 106 valence electrons. The Labute approximate surface area is 113 Å². The van der Waals surface area contributed by atoms with Gasteiger partial charge in [0.05, 0.1) is 6.10 Å². The molecule has 5 heteroatoms. The van der Waals surface area contributed by atoms with Gasteiger partial charge >= 0.3 is 0 Å². The van der Waals surface area contributed by atoms with E-state index in [9.17, 15) is 14.7 Å². The third-order valence-corrected chi connectivity index (χ3v) is 2.65. The second kappa shape index (κ2) is 6.02. The van der Waals surface area contributed by atoms with Gasteiger partial charge in [-0.15, -0.1) is 0 Å². The Morgan fingerprint density at radius 3 is 2.63 bits per heavy atom. The molecule has 1 aromatic rings. The van der Waals surface area contributed by atoms with Crippen LogP contribution in [-0.4, -0.2) is 28.6 Å². The van der Waals surface area contributed by atoms with Crippen molar-refractivity contribution in [1.29, 1.82) is 0 Å². The molecule has 0 bridgehead atoms. The predicted molar refractivity (Wildman–Crippen MR) is 74.2 cm³/mol. The number of aromatic amines is 1. The molecule has 0 saturated heterocycles. The van der Waals surface area contributed by atoms with E-state index in [1.54, 1.807) is 6.92 Å². The summed E-state index contributed by atoms with van der Waals surface area (Å²) >= 11 is 0. The predicted octanol–water partition coefficient (Wildman–Crippen LogP) is 1.21. The molecule has 0 aliphatic heterocycles. The zero-order chi connectivity index (χ0) is 14.6. The van der Waals surface area contributed by atoms with E-state index in [2.05, 4.69) is 10.3 Å². The number of aliphatic hydroxyl groups is 1. The Hall–Kier alpha value is -1.62. The fourth-order valence-electron chi connectivity index (χ4n) is 1.84. The number of aromatic nitrogens is 1. The third kappa shape index (κ3) is 5.26. The second-order valence-electron chi connectivity index (χ2n) is 6.02. The van der Waals surface area contributed by atoms with Gasteiger partial charge in [-0.3, -0.25) is 9.59 Å². The molecule has 0 fully saturated rings. The monoisotopic (exact) mass is 266 g/mol. The Balaban J connectivity index is 2.59. The number of nitrogens with one attached hydrogen (secondary N) is 2. The van der Waals surface area contributed by atoms with Crippen molar-refractivity contribution in [2.45, 2.75) is 40.2 Å². The van der Waals surface area contributed by atoms with E-state index in [-0.39, 0.29) is 23.0 Å². The van der Waals surface area contributed by atoms with Gasteiger partial charge in [0.1, 0.15) is 5.56 Å². The number of pyridine rings is 1. The largest absolute Gasteiger partial charge is 0.391 e. The Morgan fingerprint density at radius 2 is 2.11 bits per heavy atom. The van der Waals surface area contributed by atoms with Gasteiger partial charge in [-0.05, 0) is 18.8 Å². The van der Waals surface area contributed by atoms with Gasteiger partial charge < -0.3 is 15.4 Å². The molecule has 0 radical (unpaired) electrons.